The number of ether oxygens (including phenoxy) is 1. The van der Waals surface area contributed by atoms with Gasteiger partial charge in [-0.3, -0.25) is 4.79 Å². The van der Waals surface area contributed by atoms with Crippen molar-refractivity contribution in [3.63, 3.8) is 0 Å². The first-order valence-corrected chi connectivity index (χ1v) is 8.40. The fourth-order valence-corrected chi connectivity index (χ4v) is 3.04. The summed E-state index contributed by atoms with van der Waals surface area (Å²) in [5, 5.41) is 5.80. The Kier molecular flexibility index (Phi) is 5.08. The molecule has 0 bridgehead atoms. The van der Waals surface area contributed by atoms with E-state index < -0.39 is 0 Å². The molecule has 0 spiro atoms. The van der Waals surface area contributed by atoms with Gasteiger partial charge < -0.3 is 10.1 Å². The summed E-state index contributed by atoms with van der Waals surface area (Å²) in [5.74, 6) is 0.908. The van der Waals surface area contributed by atoms with Crippen molar-refractivity contribution >= 4 is 34.7 Å². The van der Waals surface area contributed by atoms with Gasteiger partial charge in [-0.15, -0.1) is 11.3 Å². The first-order chi connectivity index (χ1) is 11.6. The van der Waals surface area contributed by atoms with E-state index in [4.69, 9.17) is 16.3 Å². The van der Waals surface area contributed by atoms with Crippen molar-refractivity contribution < 1.29 is 9.53 Å². The maximum Gasteiger partial charge on any atom is 0.276 e. The molecule has 0 unspecified atom stereocenters. The molecule has 122 valence electrons. The molecule has 1 aromatic carbocycles. The molecule has 1 N–H and O–H groups in total. The number of methoxy groups -OCH3 is 1. The quantitative estimate of drug-likeness (QED) is 0.746. The van der Waals surface area contributed by atoms with Crippen molar-refractivity contribution in [1.82, 2.24) is 9.97 Å². The number of anilines is 1. The number of benzene rings is 1. The number of carbonyl (C=O) groups excluding carboxylic acids is 1. The van der Waals surface area contributed by atoms with Crippen molar-refractivity contribution in [2.75, 3.05) is 12.4 Å². The fraction of sp³-hybridized carbons (Fsp3) is 0.118. The summed E-state index contributed by atoms with van der Waals surface area (Å²) < 4.78 is 5.14. The Hall–Kier alpha value is -2.44. The molecule has 2 aromatic heterocycles. The number of halogens is 1. The first kappa shape index (κ1) is 16.4. The van der Waals surface area contributed by atoms with Crippen LogP contribution in [0.4, 0.5) is 5.82 Å². The van der Waals surface area contributed by atoms with E-state index in [0.29, 0.717) is 23.0 Å². The second-order valence-electron chi connectivity index (χ2n) is 4.96. The predicted molar refractivity (Wildman–Crippen MR) is 95.1 cm³/mol. The van der Waals surface area contributed by atoms with E-state index in [0.717, 1.165) is 16.3 Å². The number of nitrogens with one attached hydrogen (secondary N) is 1. The minimum Gasteiger partial charge on any atom is -0.497 e. The van der Waals surface area contributed by atoms with Crippen molar-refractivity contribution in [2.24, 2.45) is 0 Å². The molecule has 0 fully saturated rings. The van der Waals surface area contributed by atoms with Gasteiger partial charge in [0.1, 0.15) is 17.3 Å². The maximum absolute atomic E-state index is 12.2. The molecule has 0 atom stereocenters. The molecule has 0 saturated heterocycles. The molecular formula is C17H14ClN3O2S. The number of nitrogens with zero attached hydrogens (tertiary/aromatic N) is 2. The molecule has 5 nitrogen and oxygen atoms in total. The SMILES string of the molecule is COc1ccc(Cc2nc(C(=O)Nc3cc(Cl)ccn3)cs2)cc1. The molecule has 24 heavy (non-hydrogen) atoms. The molecule has 0 aliphatic rings. The molecule has 7 heteroatoms. The third-order valence-electron chi connectivity index (χ3n) is 3.26. The van der Waals surface area contributed by atoms with Gasteiger partial charge in [-0.05, 0) is 29.8 Å². The summed E-state index contributed by atoms with van der Waals surface area (Å²) >= 11 is 7.32. The third kappa shape index (κ3) is 4.10. The van der Waals surface area contributed by atoms with Crippen molar-refractivity contribution in [3.05, 3.63) is 69.3 Å². The summed E-state index contributed by atoms with van der Waals surface area (Å²) in [4.78, 5) is 20.6. The second kappa shape index (κ2) is 7.42. The molecule has 1 amide bonds. The molecule has 0 radical (unpaired) electrons. The molecular weight excluding hydrogens is 346 g/mol. The van der Waals surface area contributed by atoms with Gasteiger partial charge in [0.05, 0.1) is 12.1 Å². The monoisotopic (exact) mass is 359 g/mol. The Balaban J connectivity index is 1.66. The average molecular weight is 360 g/mol. The normalized spacial score (nSPS) is 10.4. The van der Waals surface area contributed by atoms with Crippen LogP contribution in [0, 0.1) is 0 Å². The number of hydrogen-bond donors (Lipinski definition) is 1. The lowest BCUT2D eigenvalue weighted by Gasteiger charge is -2.02. The van der Waals surface area contributed by atoms with Crippen molar-refractivity contribution in [3.8, 4) is 5.75 Å². The van der Waals surface area contributed by atoms with Gasteiger partial charge in [-0.25, -0.2) is 9.97 Å². The number of pyridine rings is 1. The van der Waals surface area contributed by atoms with E-state index in [-0.39, 0.29) is 5.91 Å². The number of rotatable bonds is 5. The molecule has 0 aliphatic carbocycles. The lowest BCUT2D eigenvalue weighted by Crippen LogP contribution is -2.13. The highest BCUT2D eigenvalue weighted by molar-refractivity contribution is 7.09. The van der Waals surface area contributed by atoms with Crippen LogP contribution in [0.25, 0.3) is 0 Å². The number of hydrogen-bond acceptors (Lipinski definition) is 5. The largest absolute Gasteiger partial charge is 0.497 e. The van der Waals surface area contributed by atoms with Crippen LogP contribution in [0.3, 0.4) is 0 Å². The van der Waals surface area contributed by atoms with Gasteiger partial charge in [0, 0.05) is 23.0 Å². The minimum atomic E-state index is -0.304. The molecule has 3 aromatic rings. The smallest absolute Gasteiger partial charge is 0.276 e. The van der Waals surface area contributed by atoms with Crippen LogP contribution in [-0.2, 0) is 6.42 Å². The summed E-state index contributed by atoms with van der Waals surface area (Å²) in [6.45, 7) is 0. The Bertz CT molecular complexity index is 849. The topological polar surface area (TPSA) is 64.1 Å². The average Bonchev–Trinajstić information content (AvgIpc) is 3.04. The van der Waals surface area contributed by atoms with Gasteiger partial charge in [-0.1, -0.05) is 23.7 Å². The molecule has 0 aliphatic heterocycles. The Morgan fingerprint density at radius 1 is 1.29 bits per heavy atom. The van der Waals surface area contributed by atoms with Crippen LogP contribution >= 0.6 is 22.9 Å². The summed E-state index contributed by atoms with van der Waals surface area (Å²) in [7, 11) is 1.63. The summed E-state index contributed by atoms with van der Waals surface area (Å²) in [5.41, 5.74) is 1.47. The van der Waals surface area contributed by atoms with Crippen LogP contribution in [-0.4, -0.2) is 23.0 Å². The van der Waals surface area contributed by atoms with E-state index >= 15 is 0 Å². The lowest BCUT2D eigenvalue weighted by atomic mass is 10.1. The zero-order valence-electron chi connectivity index (χ0n) is 12.8. The van der Waals surface area contributed by atoms with E-state index in [2.05, 4.69) is 15.3 Å². The Labute approximate surface area is 148 Å². The number of carbonyl (C=O) groups is 1. The summed E-state index contributed by atoms with van der Waals surface area (Å²) in [6, 6.07) is 11.0. The van der Waals surface area contributed by atoms with Crippen molar-refractivity contribution in [1.29, 1.82) is 0 Å². The van der Waals surface area contributed by atoms with E-state index in [9.17, 15) is 4.79 Å². The van der Waals surface area contributed by atoms with E-state index in [1.165, 1.54) is 17.5 Å². The van der Waals surface area contributed by atoms with Gasteiger partial charge in [0.2, 0.25) is 0 Å². The van der Waals surface area contributed by atoms with Crippen LogP contribution in [0.5, 0.6) is 5.75 Å². The third-order valence-corrected chi connectivity index (χ3v) is 4.35. The van der Waals surface area contributed by atoms with Gasteiger partial charge >= 0.3 is 0 Å². The lowest BCUT2D eigenvalue weighted by molar-refractivity contribution is 0.102. The summed E-state index contributed by atoms with van der Waals surface area (Å²) in [6.07, 6.45) is 2.20. The molecule has 2 heterocycles. The van der Waals surface area contributed by atoms with Crippen LogP contribution in [0.15, 0.2) is 48.0 Å². The molecule has 0 saturated carbocycles. The number of aromatic nitrogens is 2. The minimum absolute atomic E-state index is 0.304. The highest BCUT2D eigenvalue weighted by Crippen LogP contribution is 2.19. The van der Waals surface area contributed by atoms with Crippen LogP contribution in [0.2, 0.25) is 5.02 Å². The first-order valence-electron chi connectivity index (χ1n) is 7.14. The standard InChI is InChI=1S/C17H14ClN3O2S/c1-23-13-4-2-11(3-5-13)8-16-20-14(10-24-16)17(22)21-15-9-12(18)6-7-19-15/h2-7,9-10H,8H2,1H3,(H,19,21,22). The predicted octanol–water partition coefficient (Wildman–Crippen LogP) is 4.04. The zero-order chi connectivity index (χ0) is 16.9. The highest BCUT2D eigenvalue weighted by atomic mass is 35.5. The number of thiazole rings is 1. The Morgan fingerprint density at radius 3 is 2.79 bits per heavy atom. The maximum atomic E-state index is 12.2. The number of amides is 1. The Morgan fingerprint density at radius 2 is 2.08 bits per heavy atom. The zero-order valence-corrected chi connectivity index (χ0v) is 14.4. The highest BCUT2D eigenvalue weighted by Gasteiger charge is 2.12. The molecule has 3 rings (SSSR count). The van der Waals surface area contributed by atoms with Crippen LogP contribution in [0.1, 0.15) is 21.1 Å². The van der Waals surface area contributed by atoms with Gasteiger partial charge in [-0.2, -0.15) is 0 Å². The van der Waals surface area contributed by atoms with Crippen LogP contribution < -0.4 is 10.1 Å². The van der Waals surface area contributed by atoms with E-state index in [1.54, 1.807) is 24.6 Å². The van der Waals surface area contributed by atoms with Gasteiger partial charge in [0.25, 0.3) is 5.91 Å². The van der Waals surface area contributed by atoms with E-state index in [1.807, 2.05) is 24.3 Å². The fourth-order valence-electron chi connectivity index (χ4n) is 2.07. The van der Waals surface area contributed by atoms with Crippen molar-refractivity contribution in [2.45, 2.75) is 6.42 Å². The van der Waals surface area contributed by atoms with Gasteiger partial charge in [0.15, 0.2) is 0 Å². The second-order valence-corrected chi connectivity index (χ2v) is 6.34.